The lowest BCUT2D eigenvalue weighted by Gasteiger charge is -2.29. The third-order valence-corrected chi connectivity index (χ3v) is 3.27. The van der Waals surface area contributed by atoms with E-state index in [4.69, 9.17) is 15.2 Å². The number of esters is 2. The summed E-state index contributed by atoms with van der Waals surface area (Å²) in [6.07, 6.45) is 4.44. The van der Waals surface area contributed by atoms with E-state index in [2.05, 4.69) is 10.4 Å². The van der Waals surface area contributed by atoms with E-state index in [0.29, 0.717) is 11.4 Å². The highest BCUT2D eigenvalue weighted by Gasteiger charge is 2.38. The molecule has 3 rings (SSSR count). The van der Waals surface area contributed by atoms with Crippen molar-refractivity contribution in [1.82, 2.24) is 9.78 Å². The molecule has 0 unspecified atom stereocenters. The minimum atomic E-state index is -1.26. The molecule has 1 aliphatic rings. The highest BCUT2D eigenvalue weighted by Crippen LogP contribution is 2.23. The Hall–Kier alpha value is -3.29. The Bertz CT molecular complexity index is 816. The number of carbonyl (C=O) groups excluding carboxylic acids is 2. The third-order valence-electron chi connectivity index (χ3n) is 3.27. The van der Waals surface area contributed by atoms with E-state index < -0.39 is 17.7 Å². The molecule has 24 heavy (non-hydrogen) atoms. The van der Waals surface area contributed by atoms with Crippen molar-refractivity contribution in [3.63, 3.8) is 0 Å². The zero-order valence-electron chi connectivity index (χ0n) is 13.1. The number of nitrogens with two attached hydrogens (primary N) is 1. The summed E-state index contributed by atoms with van der Waals surface area (Å²) in [5.41, 5.74) is 7.54. The molecule has 1 aromatic carbocycles. The second kappa shape index (κ2) is 5.73. The second-order valence-corrected chi connectivity index (χ2v) is 5.61. The van der Waals surface area contributed by atoms with Crippen molar-refractivity contribution >= 4 is 23.3 Å². The Kier molecular flexibility index (Phi) is 3.72. The average molecular weight is 328 g/mol. The first-order valence-corrected chi connectivity index (χ1v) is 7.19. The van der Waals surface area contributed by atoms with Crippen LogP contribution in [0.4, 0.5) is 11.4 Å². The Morgan fingerprint density at radius 2 is 1.88 bits per heavy atom. The second-order valence-electron chi connectivity index (χ2n) is 5.61. The summed E-state index contributed by atoms with van der Waals surface area (Å²) in [4.78, 5) is 23.7. The predicted octanol–water partition coefficient (Wildman–Crippen LogP) is 1.59. The lowest BCUT2D eigenvalue weighted by molar-refractivity contribution is -0.222. The van der Waals surface area contributed by atoms with Gasteiger partial charge in [-0.05, 0) is 12.1 Å². The fourth-order valence-electron chi connectivity index (χ4n) is 2.16. The number of cyclic esters (lactones) is 2. The fraction of sp³-hybridized carbons (Fsp3) is 0.188. The SMILES string of the molecule is CC1(C)OC(=O)C(=CNc2cnn(-c3ccccc3N)c2)C(=O)O1. The molecule has 1 aromatic heterocycles. The molecule has 8 nitrogen and oxygen atoms in total. The molecule has 0 saturated carbocycles. The molecule has 1 fully saturated rings. The number of anilines is 2. The zero-order valence-corrected chi connectivity index (χ0v) is 13.1. The van der Waals surface area contributed by atoms with E-state index in [0.717, 1.165) is 5.69 Å². The predicted molar refractivity (Wildman–Crippen MR) is 85.9 cm³/mol. The molecule has 2 aromatic rings. The van der Waals surface area contributed by atoms with Crippen LogP contribution in [0, 0.1) is 0 Å². The van der Waals surface area contributed by atoms with Gasteiger partial charge in [-0.1, -0.05) is 12.1 Å². The van der Waals surface area contributed by atoms with Gasteiger partial charge in [0, 0.05) is 20.0 Å². The molecule has 1 saturated heterocycles. The molecule has 1 aliphatic heterocycles. The van der Waals surface area contributed by atoms with Gasteiger partial charge in [0.15, 0.2) is 5.57 Å². The Balaban J connectivity index is 1.77. The van der Waals surface area contributed by atoms with Crippen molar-refractivity contribution in [1.29, 1.82) is 0 Å². The number of ether oxygens (including phenoxy) is 2. The minimum absolute atomic E-state index is 0.221. The van der Waals surface area contributed by atoms with Gasteiger partial charge in [0.2, 0.25) is 0 Å². The highest BCUT2D eigenvalue weighted by molar-refractivity contribution is 6.15. The lowest BCUT2D eigenvalue weighted by atomic mass is 10.2. The van der Waals surface area contributed by atoms with E-state index in [1.165, 1.54) is 26.2 Å². The maximum Gasteiger partial charge on any atom is 0.350 e. The number of benzene rings is 1. The largest absolute Gasteiger partial charge is 0.419 e. The molecule has 8 heteroatoms. The van der Waals surface area contributed by atoms with Crippen LogP contribution < -0.4 is 11.1 Å². The van der Waals surface area contributed by atoms with Gasteiger partial charge in [-0.3, -0.25) is 0 Å². The summed E-state index contributed by atoms with van der Waals surface area (Å²) in [7, 11) is 0. The summed E-state index contributed by atoms with van der Waals surface area (Å²) in [6.45, 7) is 2.97. The first-order valence-electron chi connectivity index (χ1n) is 7.19. The highest BCUT2D eigenvalue weighted by atomic mass is 16.7. The average Bonchev–Trinajstić information content (AvgIpc) is 2.94. The summed E-state index contributed by atoms with van der Waals surface area (Å²) in [5.74, 6) is -2.76. The molecule has 0 amide bonds. The normalized spacial score (nSPS) is 16.3. The molecule has 0 radical (unpaired) electrons. The molecular formula is C16H16N4O4. The number of hydrogen-bond acceptors (Lipinski definition) is 7. The van der Waals surface area contributed by atoms with Gasteiger partial charge < -0.3 is 20.5 Å². The molecule has 0 bridgehead atoms. The van der Waals surface area contributed by atoms with Gasteiger partial charge in [-0.15, -0.1) is 0 Å². The first-order chi connectivity index (χ1) is 11.4. The van der Waals surface area contributed by atoms with Crippen LogP contribution in [0.25, 0.3) is 5.69 Å². The number of aromatic nitrogens is 2. The van der Waals surface area contributed by atoms with Gasteiger partial charge >= 0.3 is 11.9 Å². The van der Waals surface area contributed by atoms with Crippen molar-refractivity contribution < 1.29 is 19.1 Å². The topological polar surface area (TPSA) is 108 Å². The Labute approximate surface area is 137 Å². The number of nitrogens with zero attached hydrogens (tertiary/aromatic N) is 2. The quantitative estimate of drug-likeness (QED) is 0.381. The van der Waals surface area contributed by atoms with E-state index in [1.807, 2.05) is 18.2 Å². The third kappa shape index (κ3) is 3.07. The zero-order chi connectivity index (χ0) is 17.3. The van der Waals surface area contributed by atoms with E-state index in [1.54, 1.807) is 16.9 Å². The summed E-state index contributed by atoms with van der Waals surface area (Å²) in [5, 5.41) is 7.01. The summed E-state index contributed by atoms with van der Waals surface area (Å²) >= 11 is 0. The van der Waals surface area contributed by atoms with Crippen LogP contribution in [-0.2, 0) is 19.1 Å². The molecule has 0 atom stereocenters. The van der Waals surface area contributed by atoms with E-state index >= 15 is 0 Å². The molecule has 3 N–H and O–H groups in total. The smallest absolute Gasteiger partial charge is 0.350 e. The number of rotatable bonds is 3. The first kappa shape index (κ1) is 15.6. The van der Waals surface area contributed by atoms with Gasteiger partial charge in [0.05, 0.1) is 29.5 Å². The van der Waals surface area contributed by atoms with Gasteiger partial charge in [-0.2, -0.15) is 5.10 Å². The molecule has 0 aliphatic carbocycles. The molecule has 0 spiro atoms. The van der Waals surface area contributed by atoms with Gasteiger partial charge in [0.1, 0.15) is 0 Å². The lowest BCUT2D eigenvalue weighted by Crippen LogP contribution is -2.42. The number of hydrogen-bond donors (Lipinski definition) is 2. The number of nitrogen functional groups attached to an aromatic ring is 1. The maximum absolute atomic E-state index is 11.8. The minimum Gasteiger partial charge on any atom is -0.419 e. The Morgan fingerprint density at radius 3 is 2.54 bits per heavy atom. The molecule has 2 heterocycles. The van der Waals surface area contributed by atoms with Crippen LogP contribution in [-0.4, -0.2) is 27.5 Å². The number of nitrogens with one attached hydrogen (secondary N) is 1. The van der Waals surface area contributed by atoms with Crippen LogP contribution in [0.3, 0.4) is 0 Å². The van der Waals surface area contributed by atoms with Crippen LogP contribution in [0.5, 0.6) is 0 Å². The van der Waals surface area contributed by atoms with Crippen LogP contribution >= 0.6 is 0 Å². The number of carbonyl (C=O) groups is 2. The standard InChI is InChI=1S/C16H16N4O4/c1-16(2)23-14(21)11(15(22)24-16)8-18-10-7-19-20(9-10)13-6-4-3-5-12(13)17/h3-9,18H,17H2,1-2H3. The fourth-order valence-corrected chi connectivity index (χ4v) is 2.16. The van der Waals surface area contributed by atoms with Crippen molar-refractivity contribution in [2.75, 3.05) is 11.1 Å². The van der Waals surface area contributed by atoms with E-state index in [9.17, 15) is 9.59 Å². The van der Waals surface area contributed by atoms with Crippen LogP contribution in [0.15, 0.2) is 48.4 Å². The maximum atomic E-state index is 11.8. The van der Waals surface area contributed by atoms with E-state index in [-0.39, 0.29) is 5.57 Å². The number of para-hydroxylation sites is 2. The van der Waals surface area contributed by atoms with Crippen molar-refractivity contribution in [2.45, 2.75) is 19.6 Å². The van der Waals surface area contributed by atoms with Crippen molar-refractivity contribution in [2.24, 2.45) is 0 Å². The van der Waals surface area contributed by atoms with Crippen molar-refractivity contribution in [3.05, 3.63) is 48.4 Å². The Morgan fingerprint density at radius 1 is 1.21 bits per heavy atom. The molecular weight excluding hydrogens is 312 g/mol. The molecule has 124 valence electrons. The summed E-state index contributed by atoms with van der Waals surface area (Å²) in [6, 6.07) is 7.26. The van der Waals surface area contributed by atoms with Crippen LogP contribution in [0.1, 0.15) is 13.8 Å². The van der Waals surface area contributed by atoms with Crippen LogP contribution in [0.2, 0.25) is 0 Å². The monoisotopic (exact) mass is 328 g/mol. The van der Waals surface area contributed by atoms with Gasteiger partial charge in [0.25, 0.3) is 5.79 Å². The van der Waals surface area contributed by atoms with Gasteiger partial charge in [-0.25, -0.2) is 14.3 Å². The summed E-state index contributed by atoms with van der Waals surface area (Å²) < 4.78 is 11.6. The van der Waals surface area contributed by atoms with Crippen molar-refractivity contribution in [3.8, 4) is 5.69 Å².